The summed E-state index contributed by atoms with van der Waals surface area (Å²) in [5.74, 6) is 0.859. The number of amides is 1. The van der Waals surface area contributed by atoms with Crippen molar-refractivity contribution in [2.24, 2.45) is 0 Å². The molecule has 0 unspecified atom stereocenters. The van der Waals surface area contributed by atoms with E-state index < -0.39 is 0 Å². The SMILES string of the molecule is Nc1cc2c(cc1NC(=O)c1cccc(Cl)c1)OCCO2. The highest BCUT2D eigenvalue weighted by atomic mass is 35.5. The topological polar surface area (TPSA) is 73.6 Å². The molecule has 2 aromatic carbocycles. The fourth-order valence-corrected chi connectivity index (χ4v) is 2.23. The second kappa shape index (κ2) is 5.54. The Balaban J connectivity index is 1.86. The molecule has 0 saturated heterocycles. The summed E-state index contributed by atoms with van der Waals surface area (Å²) in [5, 5.41) is 3.24. The molecule has 3 rings (SSSR count). The number of anilines is 2. The van der Waals surface area contributed by atoms with E-state index in [2.05, 4.69) is 5.32 Å². The highest BCUT2D eigenvalue weighted by Crippen LogP contribution is 2.37. The van der Waals surface area contributed by atoms with Crippen LogP contribution in [0.5, 0.6) is 11.5 Å². The molecule has 0 atom stereocenters. The highest BCUT2D eigenvalue weighted by molar-refractivity contribution is 6.31. The van der Waals surface area contributed by atoms with Gasteiger partial charge in [0, 0.05) is 22.7 Å². The summed E-state index contributed by atoms with van der Waals surface area (Å²) >= 11 is 5.88. The number of halogens is 1. The van der Waals surface area contributed by atoms with E-state index in [0.717, 1.165) is 0 Å². The standard InChI is InChI=1S/C15H13ClN2O3/c16-10-3-1-2-9(6-10)15(19)18-12-8-14-13(7-11(12)17)20-4-5-21-14/h1-3,6-8H,4-5,17H2,(H,18,19). The molecule has 2 aromatic rings. The molecule has 1 aliphatic heterocycles. The van der Waals surface area contributed by atoms with Crippen LogP contribution in [0, 0.1) is 0 Å². The Morgan fingerprint density at radius 3 is 2.57 bits per heavy atom. The summed E-state index contributed by atoms with van der Waals surface area (Å²) < 4.78 is 10.9. The molecule has 0 aromatic heterocycles. The number of nitrogens with one attached hydrogen (secondary N) is 1. The van der Waals surface area contributed by atoms with Gasteiger partial charge in [0.1, 0.15) is 13.2 Å². The first-order chi connectivity index (χ1) is 10.1. The number of ether oxygens (including phenoxy) is 2. The van der Waals surface area contributed by atoms with Gasteiger partial charge < -0.3 is 20.5 Å². The number of benzene rings is 2. The van der Waals surface area contributed by atoms with Crippen molar-refractivity contribution < 1.29 is 14.3 Å². The van der Waals surface area contributed by atoms with Crippen LogP contribution < -0.4 is 20.5 Å². The van der Waals surface area contributed by atoms with E-state index >= 15 is 0 Å². The second-order valence-corrected chi connectivity index (χ2v) is 4.98. The summed E-state index contributed by atoms with van der Waals surface area (Å²) in [6.45, 7) is 0.958. The van der Waals surface area contributed by atoms with Gasteiger partial charge in [-0.1, -0.05) is 17.7 Å². The van der Waals surface area contributed by atoms with E-state index in [4.69, 9.17) is 26.8 Å². The zero-order chi connectivity index (χ0) is 14.8. The maximum atomic E-state index is 12.2. The quantitative estimate of drug-likeness (QED) is 0.837. The fourth-order valence-electron chi connectivity index (χ4n) is 2.04. The van der Waals surface area contributed by atoms with Crippen molar-refractivity contribution in [1.82, 2.24) is 0 Å². The zero-order valence-corrected chi connectivity index (χ0v) is 11.8. The molecule has 1 aliphatic rings. The Labute approximate surface area is 126 Å². The molecule has 3 N–H and O–H groups in total. The Morgan fingerprint density at radius 2 is 1.86 bits per heavy atom. The molecule has 0 bridgehead atoms. The molecule has 0 spiro atoms. The van der Waals surface area contributed by atoms with Gasteiger partial charge >= 0.3 is 0 Å². The molecule has 1 amide bonds. The molecule has 0 aliphatic carbocycles. The Kier molecular flexibility index (Phi) is 3.58. The number of carbonyl (C=O) groups is 1. The van der Waals surface area contributed by atoms with Crippen LogP contribution in [0.1, 0.15) is 10.4 Å². The fraction of sp³-hybridized carbons (Fsp3) is 0.133. The van der Waals surface area contributed by atoms with Crippen LogP contribution in [0.2, 0.25) is 5.02 Å². The van der Waals surface area contributed by atoms with Crippen molar-refractivity contribution in [1.29, 1.82) is 0 Å². The van der Waals surface area contributed by atoms with Crippen molar-refractivity contribution in [3.05, 3.63) is 47.0 Å². The van der Waals surface area contributed by atoms with Gasteiger partial charge in [-0.2, -0.15) is 0 Å². The summed E-state index contributed by atoms with van der Waals surface area (Å²) in [6.07, 6.45) is 0. The third kappa shape index (κ3) is 2.87. The van der Waals surface area contributed by atoms with Crippen LogP contribution in [0.4, 0.5) is 11.4 Å². The number of nitrogen functional groups attached to an aromatic ring is 1. The Morgan fingerprint density at radius 1 is 1.14 bits per heavy atom. The Bertz CT molecular complexity index is 703. The molecule has 0 fully saturated rings. The van der Waals surface area contributed by atoms with Crippen LogP contribution in [-0.2, 0) is 0 Å². The van der Waals surface area contributed by atoms with Crippen LogP contribution in [0.3, 0.4) is 0 Å². The second-order valence-electron chi connectivity index (χ2n) is 4.55. The first-order valence-electron chi connectivity index (χ1n) is 6.39. The van der Waals surface area contributed by atoms with E-state index in [1.54, 1.807) is 36.4 Å². The van der Waals surface area contributed by atoms with E-state index in [0.29, 0.717) is 46.7 Å². The van der Waals surface area contributed by atoms with Gasteiger partial charge in [-0.15, -0.1) is 0 Å². The van der Waals surface area contributed by atoms with Crippen LogP contribution in [0.15, 0.2) is 36.4 Å². The summed E-state index contributed by atoms with van der Waals surface area (Å²) in [7, 11) is 0. The number of hydrogen-bond donors (Lipinski definition) is 2. The smallest absolute Gasteiger partial charge is 0.255 e. The molecule has 108 valence electrons. The van der Waals surface area contributed by atoms with E-state index in [1.807, 2.05) is 0 Å². The lowest BCUT2D eigenvalue weighted by molar-refractivity contribution is 0.102. The monoisotopic (exact) mass is 304 g/mol. The average Bonchev–Trinajstić information content (AvgIpc) is 2.48. The maximum Gasteiger partial charge on any atom is 0.255 e. The van der Waals surface area contributed by atoms with Crippen molar-refractivity contribution >= 4 is 28.9 Å². The number of rotatable bonds is 2. The van der Waals surface area contributed by atoms with E-state index in [9.17, 15) is 4.79 Å². The van der Waals surface area contributed by atoms with Gasteiger partial charge in [-0.25, -0.2) is 0 Å². The van der Waals surface area contributed by atoms with Crippen LogP contribution >= 0.6 is 11.6 Å². The molecule has 1 heterocycles. The van der Waals surface area contributed by atoms with E-state index in [-0.39, 0.29) is 5.91 Å². The summed E-state index contributed by atoms with van der Waals surface area (Å²) in [6, 6.07) is 9.98. The normalized spacial score (nSPS) is 12.8. The lowest BCUT2D eigenvalue weighted by atomic mass is 10.2. The van der Waals surface area contributed by atoms with Crippen molar-refractivity contribution in [3.8, 4) is 11.5 Å². The van der Waals surface area contributed by atoms with E-state index in [1.165, 1.54) is 0 Å². The van der Waals surface area contributed by atoms with Gasteiger partial charge in [0.2, 0.25) is 0 Å². The number of carbonyl (C=O) groups excluding carboxylic acids is 1. The minimum Gasteiger partial charge on any atom is -0.486 e. The lowest BCUT2D eigenvalue weighted by Gasteiger charge is -2.20. The third-order valence-electron chi connectivity index (χ3n) is 3.05. The first kappa shape index (κ1) is 13.6. The van der Waals surface area contributed by atoms with Gasteiger partial charge in [-0.05, 0) is 18.2 Å². The first-order valence-corrected chi connectivity index (χ1v) is 6.77. The van der Waals surface area contributed by atoms with Gasteiger partial charge in [-0.3, -0.25) is 4.79 Å². The zero-order valence-electron chi connectivity index (χ0n) is 11.1. The van der Waals surface area contributed by atoms with Crippen LogP contribution in [0.25, 0.3) is 0 Å². The minimum absolute atomic E-state index is 0.291. The largest absolute Gasteiger partial charge is 0.486 e. The Hall–Kier alpha value is -2.40. The molecule has 6 heteroatoms. The molecular formula is C15H13ClN2O3. The highest BCUT2D eigenvalue weighted by Gasteiger charge is 2.16. The average molecular weight is 305 g/mol. The van der Waals surface area contributed by atoms with Crippen LogP contribution in [-0.4, -0.2) is 19.1 Å². The predicted molar refractivity (Wildman–Crippen MR) is 81.2 cm³/mol. The van der Waals surface area contributed by atoms with Crippen molar-refractivity contribution in [3.63, 3.8) is 0 Å². The summed E-state index contributed by atoms with van der Waals surface area (Å²) in [4.78, 5) is 12.2. The molecular weight excluding hydrogens is 292 g/mol. The summed E-state index contributed by atoms with van der Waals surface area (Å²) in [5.41, 5.74) is 7.27. The lowest BCUT2D eigenvalue weighted by Crippen LogP contribution is -2.17. The predicted octanol–water partition coefficient (Wildman–Crippen LogP) is 2.95. The third-order valence-corrected chi connectivity index (χ3v) is 3.28. The number of fused-ring (bicyclic) bond motifs is 1. The minimum atomic E-state index is -0.291. The molecule has 21 heavy (non-hydrogen) atoms. The number of hydrogen-bond acceptors (Lipinski definition) is 4. The van der Waals surface area contributed by atoms with Gasteiger partial charge in [0.05, 0.1) is 11.4 Å². The van der Waals surface area contributed by atoms with Gasteiger partial charge in [0.15, 0.2) is 11.5 Å². The van der Waals surface area contributed by atoms with Crippen molar-refractivity contribution in [2.75, 3.05) is 24.3 Å². The number of nitrogens with two attached hydrogens (primary N) is 1. The molecule has 0 saturated carbocycles. The molecule has 0 radical (unpaired) electrons. The molecule has 5 nitrogen and oxygen atoms in total. The maximum absolute atomic E-state index is 12.2. The van der Waals surface area contributed by atoms with Gasteiger partial charge in [0.25, 0.3) is 5.91 Å². The van der Waals surface area contributed by atoms with Crippen molar-refractivity contribution in [2.45, 2.75) is 0 Å².